The molecule has 2 amide bonds. The summed E-state index contributed by atoms with van der Waals surface area (Å²) in [4.78, 5) is 16.8. The Hall–Kier alpha value is -3.33. The Morgan fingerprint density at radius 3 is 2.67 bits per heavy atom. The van der Waals surface area contributed by atoms with Gasteiger partial charge in [-0.2, -0.15) is 15.4 Å². The van der Waals surface area contributed by atoms with E-state index in [-0.39, 0.29) is 17.5 Å². The summed E-state index contributed by atoms with van der Waals surface area (Å²) < 4.78 is 11.0. The molecule has 0 unspecified atom stereocenters. The number of nitrogens with zero attached hydrogens (tertiary/aromatic N) is 4. The molecule has 1 aromatic heterocycles. The van der Waals surface area contributed by atoms with E-state index in [2.05, 4.69) is 39.5 Å². The van der Waals surface area contributed by atoms with Crippen LogP contribution in [0.2, 0.25) is 0 Å². The summed E-state index contributed by atoms with van der Waals surface area (Å²) in [6.45, 7) is 1.01. The summed E-state index contributed by atoms with van der Waals surface area (Å²) in [5, 5.41) is 10.9. The van der Waals surface area contributed by atoms with E-state index < -0.39 is 6.03 Å². The zero-order valence-corrected chi connectivity index (χ0v) is 19.2. The van der Waals surface area contributed by atoms with Gasteiger partial charge in [-0.3, -0.25) is 4.90 Å². The average Bonchev–Trinajstić information content (AvgIpc) is 3.43. The first kappa shape index (κ1) is 21.5. The van der Waals surface area contributed by atoms with Crippen LogP contribution in [0.15, 0.2) is 36.4 Å². The third-order valence-electron chi connectivity index (χ3n) is 7.64. The molecule has 0 spiro atoms. The number of ether oxygens (including phenoxy) is 2. The Labute approximate surface area is 192 Å². The van der Waals surface area contributed by atoms with Crippen LogP contribution in [-0.4, -0.2) is 66.2 Å². The number of aromatic amines is 1. The van der Waals surface area contributed by atoms with Crippen molar-refractivity contribution in [2.45, 2.75) is 43.2 Å². The first-order valence-corrected chi connectivity index (χ1v) is 11.3. The lowest BCUT2D eigenvalue weighted by atomic mass is 9.64. The number of primary amides is 1. The van der Waals surface area contributed by atoms with Crippen LogP contribution in [0.3, 0.4) is 0 Å². The van der Waals surface area contributed by atoms with Crippen molar-refractivity contribution in [3.8, 4) is 11.5 Å². The number of nitrogens with two attached hydrogens (primary N) is 1. The molecule has 1 aliphatic heterocycles. The van der Waals surface area contributed by atoms with Crippen molar-refractivity contribution in [1.82, 2.24) is 20.3 Å². The van der Waals surface area contributed by atoms with Crippen LogP contribution in [0, 0.1) is 0 Å². The van der Waals surface area contributed by atoms with Crippen molar-refractivity contribution in [2.24, 2.45) is 5.73 Å². The summed E-state index contributed by atoms with van der Waals surface area (Å²) >= 11 is 0. The first-order valence-electron chi connectivity index (χ1n) is 11.3. The first-order chi connectivity index (χ1) is 16.0. The lowest BCUT2D eigenvalue weighted by molar-refractivity contribution is 0.164. The standard InChI is InChI=1S/C24H30N6O3/c1-29-11-10-24(15-4-7-20(32-2)21(12-15)33-3)9-8-17(14-22(24)29)30(23(25)31)16-5-6-18-19(13-16)27-28-26-18/h4-7,12-13,17,22H,8-11,14H2,1-3H3,(H2,25,31)(H,26,27,28)/t17-,22+,24+/m1/s1. The smallest absolute Gasteiger partial charge is 0.319 e. The van der Waals surface area contributed by atoms with Crippen LogP contribution in [0.1, 0.15) is 31.2 Å². The molecule has 174 valence electrons. The second-order valence-corrected chi connectivity index (χ2v) is 9.11. The van der Waals surface area contributed by atoms with Gasteiger partial charge in [-0.25, -0.2) is 4.79 Å². The normalized spacial score (nSPS) is 25.1. The fraction of sp³-hybridized carbons (Fsp3) is 0.458. The fourth-order valence-electron chi connectivity index (χ4n) is 5.98. The number of methoxy groups -OCH3 is 2. The summed E-state index contributed by atoms with van der Waals surface area (Å²) in [5.41, 5.74) is 9.41. The van der Waals surface area contributed by atoms with Gasteiger partial charge in [-0.05, 0) is 75.2 Å². The number of aromatic nitrogens is 3. The number of benzene rings is 2. The molecular weight excluding hydrogens is 420 g/mol. The van der Waals surface area contributed by atoms with E-state index in [0.717, 1.165) is 54.9 Å². The van der Waals surface area contributed by atoms with Gasteiger partial charge in [-0.1, -0.05) is 6.07 Å². The van der Waals surface area contributed by atoms with E-state index in [4.69, 9.17) is 15.2 Å². The van der Waals surface area contributed by atoms with E-state index >= 15 is 0 Å². The minimum absolute atomic E-state index is 0.00415. The molecule has 3 aromatic rings. The van der Waals surface area contributed by atoms with Gasteiger partial charge in [0.1, 0.15) is 11.0 Å². The predicted octanol–water partition coefficient (Wildman–Crippen LogP) is 3.05. The lowest BCUT2D eigenvalue weighted by Crippen LogP contribution is -2.54. The Kier molecular flexibility index (Phi) is 5.36. The molecule has 2 aliphatic rings. The van der Waals surface area contributed by atoms with Gasteiger partial charge in [0.25, 0.3) is 0 Å². The molecule has 1 saturated heterocycles. The number of anilines is 1. The number of carbonyl (C=O) groups excluding carboxylic acids is 1. The summed E-state index contributed by atoms with van der Waals surface area (Å²) in [6.07, 6.45) is 3.72. The van der Waals surface area contributed by atoms with Crippen molar-refractivity contribution in [3.63, 3.8) is 0 Å². The molecule has 3 atom stereocenters. The number of hydrogen-bond acceptors (Lipinski definition) is 6. The summed E-state index contributed by atoms with van der Waals surface area (Å²) in [6, 6.07) is 11.8. The van der Waals surface area contributed by atoms with Gasteiger partial charge in [0.05, 0.1) is 14.2 Å². The highest BCUT2D eigenvalue weighted by Crippen LogP contribution is 2.51. The van der Waals surface area contributed by atoms with Crippen LogP contribution < -0.4 is 20.1 Å². The van der Waals surface area contributed by atoms with Crippen LogP contribution in [0.4, 0.5) is 10.5 Å². The zero-order valence-electron chi connectivity index (χ0n) is 19.2. The van der Waals surface area contributed by atoms with Gasteiger partial charge in [0.2, 0.25) is 0 Å². The number of rotatable bonds is 5. The maximum atomic E-state index is 12.6. The summed E-state index contributed by atoms with van der Waals surface area (Å²) in [7, 11) is 5.50. The SMILES string of the molecule is COc1ccc([C@@]23CC[C@@H](N(C(N)=O)c4ccc5n[nH]nc5c4)C[C@@H]2N(C)CC3)cc1OC. The van der Waals surface area contributed by atoms with E-state index in [1.165, 1.54) is 5.56 Å². The number of likely N-dealkylation sites (N-methyl/N-ethyl adjacent to an activating group) is 1. The number of nitrogens with one attached hydrogen (secondary N) is 1. The quantitative estimate of drug-likeness (QED) is 0.618. The second kappa shape index (κ2) is 8.22. The monoisotopic (exact) mass is 450 g/mol. The van der Waals surface area contributed by atoms with Crippen molar-refractivity contribution in [2.75, 3.05) is 32.7 Å². The van der Waals surface area contributed by atoms with Crippen LogP contribution in [0.25, 0.3) is 11.0 Å². The molecular formula is C24H30N6O3. The zero-order chi connectivity index (χ0) is 23.2. The number of carbonyl (C=O) groups is 1. The van der Waals surface area contributed by atoms with E-state index in [9.17, 15) is 4.79 Å². The van der Waals surface area contributed by atoms with Crippen molar-refractivity contribution >= 4 is 22.8 Å². The number of urea groups is 1. The third kappa shape index (κ3) is 3.47. The van der Waals surface area contributed by atoms with Crippen molar-refractivity contribution < 1.29 is 14.3 Å². The van der Waals surface area contributed by atoms with E-state index in [1.807, 2.05) is 24.3 Å². The minimum Gasteiger partial charge on any atom is -0.493 e. The second-order valence-electron chi connectivity index (χ2n) is 9.11. The highest BCUT2D eigenvalue weighted by molar-refractivity contribution is 5.93. The van der Waals surface area contributed by atoms with Crippen LogP contribution >= 0.6 is 0 Å². The Balaban J connectivity index is 1.48. The largest absolute Gasteiger partial charge is 0.493 e. The van der Waals surface area contributed by atoms with Gasteiger partial charge < -0.3 is 20.1 Å². The number of likely N-dealkylation sites (tertiary alicyclic amines) is 1. The molecule has 0 bridgehead atoms. The third-order valence-corrected chi connectivity index (χ3v) is 7.64. The van der Waals surface area contributed by atoms with Gasteiger partial charge in [-0.15, -0.1) is 0 Å². The lowest BCUT2D eigenvalue weighted by Gasteiger charge is -2.47. The molecule has 2 fully saturated rings. The maximum absolute atomic E-state index is 12.6. The molecule has 9 nitrogen and oxygen atoms in total. The predicted molar refractivity (Wildman–Crippen MR) is 126 cm³/mol. The molecule has 2 aromatic carbocycles. The minimum atomic E-state index is -0.442. The topological polar surface area (TPSA) is 110 Å². The molecule has 3 N–H and O–H groups in total. The molecule has 5 rings (SSSR count). The molecule has 33 heavy (non-hydrogen) atoms. The summed E-state index contributed by atoms with van der Waals surface area (Å²) in [5.74, 6) is 1.48. The van der Waals surface area contributed by atoms with Crippen LogP contribution in [0.5, 0.6) is 11.5 Å². The van der Waals surface area contributed by atoms with Gasteiger partial charge in [0.15, 0.2) is 11.5 Å². The van der Waals surface area contributed by atoms with Crippen LogP contribution in [-0.2, 0) is 5.41 Å². The highest BCUT2D eigenvalue weighted by Gasteiger charge is 2.51. The Morgan fingerprint density at radius 2 is 1.91 bits per heavy atom. The maximum Gasteiger partial charge on any atom is 0.319 e. The molecule has 1 aliphatic carbocycles. The van der Waals surface area contributed by atoms with E-state index in [0.29, 0.717) is 5.52 Å². The Morgan fingerprint density at radius 1 is 1.12 bits per heavy atom. The van der Waals surface area contributed by atoms with Crippen molar-refractivity contribution in [3.05, 3.63) is 42.0 Å². The molecule has 9 heteroatoms. The van der Waals surface area contributed by atoms with Gasteiger partial charge >= 0.3 is 6.03 Å². The Bertz CT molecular complexity index is 1180. The van der Waals surface area contributed by atoms with Gasteiger partial charge in [0, 0.05) is 23.2 Å². The number of H-pyrrole nitrogens is 1. The average molecular weight is 451 g/mol. The molecule has 0 radical (unpaired) electrons. The molecule has 2 heterocycles. The molecule has 1 saturated carbocycles. The number of hydrogen-bond donors (Lipinski definition) is 2. The number of fused-ring (bicyclic) bond motifs is 2. The fourth-order valence-corrected chi connectivity index (χ4v) is 5.98. The van der Waals surface area contributed by atoms with E-state index in [1.54, 1.807) is 19.1 Å². The van der Waals surface area contributed by atoms with Crippen molar-refractivity contribution in [1.29, 1.82) is 0 Å². The number of amides is 2. The highest BCUT2D eigenvalue weighted by atomic mass is 16.5.